The SMILES string of the molecule is CCC1(Oc2cccc(CCN)c2)Oc2ccccc2N(Cc2cccc(Cl)c2)C1=O. The van der Waals surface area contributed by atoms with Gasteiger partial charge in [-0.25, -0.2) is 0 Å². The molecular formula is C25H25ClN2O3. The van der Waals surface area contributed by atoms with Gasteiger partial charge in [-0.3, -0.25) is 9.69 Å². The zero-order valence-electron chi connectivity index (χ0n) is 17.4. The quantitative estimate of drug-likeness (QED) is 0.569. The normalized spacial score (nSPS) is 17.8. The molecule has 5 nitrogen and oxygen atoms in total. The minimum atomic E-state index is -1.46. The van der Waals surface area contributed by atoms with E-state index in [9.17, 15) is 4.79 Å². The second kappa shape index (κ2) is 9.00. The van der Waals surface area contributed by atoms with Gasteiger partial charge in [-0.15, -0.1) is 0 Å². The molecule has 0 spiro atoms. The summed E-state index contributed by atoms with van der Waals surface area (Å²) in [5.41, 5.74) is 8.36. The molecule has 3 aromatic rings. The number of anilines is 1. The predicted octanol–water partition coefficient (Wildman–Crippen LogP) is 4.95. The molecule has 3 aromatic carbocycles. The zero-order valence-corrected chi connectivity index (χ0v) is 18.1. The zero-order chi connectivity index (χ0) is 21.8. The van der Waals surface area contributed by atoms with Gasteiger partial charge in [0, 0.05) is 11.4 Å². The van der Waals surface area contributed by atoms with Gasteiger partial charge in [0.15, 0.2) is 0 Å². The highest BCUT2D eigenvalue weighted by molar-refractivity contribution is 6.30. The summed E-state index contributed by atoms with van der Waals surface area (Å²) < 4.78 is 12.5. The van der Waals surface area contributed by atoms with Crippen molar-refractivity contribution in [2.24, 2.45) is 5.73 Å². The Labute approximate surface area is 187 Å². The average molecular weight is 437 g/mol. The van der Waals surface area contributed by atoms with Crippen LogP contribution in [0.25, 0.3) is 0 Å². The Morgan fingerprint density at radius 1 is 1.03 bits per heavy atom. The molecule has 0 saturated carbocycles. The largest absolute Gasteiger partial charge is 0.444 e. The standard InChI is InChI=1S/C25H25ClN2O3/c1-2-25(30-21-10-6-7-18(16-21)13-14-27)24(29)28(17-19-8-5-9-20(26)15-19)22-11-3-4-12-23(22)31-25/h3-12,15-16H,2,13-14,17,27H2,1H3. The molecule has 0 aliphatic carbocycles. The lowest BCUT2D eigenvalue weighted by Crippen LogP contribution is -2.59. The van der Waals surface area contributed by atoms with Crippen molar-refractivity contribution < 1.29 is 14.3 Å². The summed E-state index contributed by atoms with van der Waals surface area (Å²) in [4.78, 5) is 15.5. The molecule has 0 radical (unpaired) electrons. The molecule has 1 amide bonds. The number of carbonyl (C=O) groups is 1. The van der Waals surface area contributed by atoms with Crippen LogP contribution in [0.3, 0.4) is 0 Å². The van der Waals surface area contributed by atoms with Crippen LogP contribution in [0.1, 0.15) is 24.5 Å². The summed E-state index contributed by atoms with van der Waals surface area (Å²) in [5.74, 6) is -0.543. The van der Waals surface area contributed by atoms with E-state index in [0.717, 1.165) is 17.5 Å². The van der Waals surface area contributed by atoms with Gasteiger partial charge < -0.3 is 15.2 Å². The van der Waals surface area contributed by atoms with Crippen LogP contribution < -0.4 is 20.1 Å². The monoisotopic (exact) mass is 436 g/mol. The van der Waals surface area contributed by atoms with Crippen molar-refractivity contribution in [3.05, 3.63) is 88.9 Å². The fraction of sp³-hybridized carbons (Fsp3) is 0.240. The molecule has 1 heterocycles. The van der Waals surface area contributed by atoms with Crippen LogP contribution in [0.4, 0.5) is 5.69 Å². The maximum Gasteiger partial charge on any atom is 0.332 e. The van der Waals surface area contributed by atoms with Crippen LogP contribution >= 0.6 is 11.6 Å². The first kappa shape index (κ1) is 21.2. The van der Waals surface area contributed by atoms with E-state index in [1.807, 2.05) is 79.7 Å². The maximum absolute atomic E-state index is 13.8. The van der Waals surface area contributed by atoms with E-state index in [2.05, 4.69) is 0 Å². The Hall–Kier alpha value is -3.02. The molecule has 0 fully saturated rings. The van der Waals surface area contributed by atoms with Crippen molar-refractivity contribution >= 4 is 23.2 Å². The first-order valence-corrected chi connectivity index (χ1v) is 10.7. The van der Waals surface area contributed by atoms with Gasteiger partial charge in [-0.1, -0.05) is 54.9 Å². The first-order chi connectivity index (χ1) is 15.0. The number of amides is 1. The Bertz CT molecular complexity index is 1090. The number of hydrogen-bond donors (Lipinski definition) is 1. The van der Waals surface area contributed by atoms with Crippen molar-refractivity contribution in [1.82, 2.24) is 0 Å². The van der Waals surface area contributed by atoms with Crippen molar-refractivity contribution in [1.29, 1.82) is 0 Å². The number of benzene rings is 3. The molecule has 6 heteroatoms. The molecule has 1 aliphatic rings. The Balaban J connectivity index is 1.72. The molecule has 0 bridgehead atoms. The first-order valence-electron chi connectivity index (χ1n) is 10.4. The lowest BCUT2D eigenvalue weighted by molar-refractivity contribution is -0.167. The van der Waals surface area contributed by atoms with Crippen molar-refractivity contribution in [2.45, 2.75) is 32.1 Å². The third-order valence-corrected chi connectivity index (χ3v) is 5.55. The number of para-hydroxylation sites is 2. The van der Waals surface area contributed by atoms with Gasteiger partial charge in [0.2, 0.25) is 0 Å². The minimum Gasteiger partial charge on any atom is -0.444 e. The summed E-state index contributed by atoms with van der Waals surface area (Å²) in [6.45, 7) is 2.78. The highest BCUT2D eigenvalue weighted by atomic mass is 35.5. The number of carbonyl (C=O) groups excluding carboxylic acids is 1. The lowest BCUT2D eigenvalue weighted by atomic mass is 10.1. The number of ether oxygens (including phenoxy) is 2. The Morgan fingerprint density at radius 2 is 1.81 bits per heavy atom. The van der Waals surface area contributed by atoms with E-state index >= 15 is 0 Å². The van der Waals surface area contributed by atoms with Crippen LogP contribution in [-0.4, -0.2) is 18.2 Å². The summed E-state index contributed by atoms with van der Waals surface area (Å²) >= 11 is 6.17. The van der Waals surface area contributed by atoms with Gasteiger partial charge in [0.05, 0.1) is 12.2 Å². The number of halogens is 1. The molecular weight excluding hydrogens is 412 g/mol. The van der Waals surface area contributed by atoms with E-state index < -0.39 is 5.79 Å². The fourth-order valence-electron chi connectivity index (χ4n) is 3.76. The second-order valence-electron chi connectivity index (χ2n) is 7.49. The lowest BCUT2D eigenvalue weighted by Gasteiger charge is -2.41. The van der Waals surface area contributed by atoms with E-state index in [1.54, 1.807) is 4.90 Å². The van der Waals surface area contributed by atoms with Crippen LogP contribution in [0.5, 0.6) is 11.5 Å². The second-order valence-corrected chi connectivity index (χ2v) is 7.92. The van der Waals surface area contributed by atoms with Gasteiger partial charge in [-0.2, -0.15) is 0 Å². The molecule has 2 N–H and O–H groups in total. The number of nitrogens with zero attached hydrogens (tertiary/aromatic N) is 1. The smallest absolute Gasteiger partial charge is 0.332 e. The number of nitrogens with two attached hydrogens (primary N) is 1. The molecule has 4 rings (SSSR count). The van der Waals surface area contributed by atoms with Crippen LogP contribution in [-0.2, 0) is 17.8 Å². The molecule has 0 saturated heterocycles. The number of hydrogen-bond acceptors (Lipinski definition) is 4. The van der Waals surface area contributed by atoms with Crippen molar-refractivity contribution in [3.63, 3.8) is 0 Å². The summed E-state index contributed by atoms with van der Waals surface area (Å²) in [5, 5.41) is 0.626. The molecule has 1 atom stereocenters. The van der Waals surface area contributed by atoms with Gasteiger partial charge >= 0.3 is 11.7 Å². The number of fused-ring (bicyclic) bond motifs is 1. The van der Waals surface area contributed by atoms with E-state index in [1.165, 1.54) is 0 Å². The van der Waals surface area contributed by atoms with Crippen LogP contribution in [0.2, 0.25) is 5.02 Å². The average Bonchev–Trinajstić information content (AvgIpc) is 2.77. The summed E-state index contributed by atoms with van der Waals surface area (Å²) in [6.07, 6.45) is 1.07. The van der Waals surface area contributed by atoms with Gasteiger partial charge in [-0.05, 0) is 60.5 Å². The van der Waals surface area contributed by atoms with E-state index in [4.69, 9.17) is 26.8 Å². The Morgan fingerprint density at radius 3 is 2.58 bits per heavy atom. The molecule has 1 unspecified atom stereocenters. The van der Waals surface area contributed by atoms with Crippen LogP contribution in [0.15, 0.2) is 72.8 Å². The molecule has 160 valence electrons. The Kier molecular flexibility index (Phi) is 6.16. The summed E-state index contributed by atoms with van der Waals surface area (Å²) in [6, 6.07) is 22.6. The highest BCUT2D eigenvalue weighted by Crippen LogP contribution is 2.41. The number of rotatable bonds is 7. The fourth-order valence-corrected chi connectivity index (χ4v) is 3.97. The third kappa shape index (κ3) is 4.38. The predicted molar refractivity (Wildman–Crippen MR) is 123 cm³/mol. The summed E-state index contributed by atoms with van der Waals surface area (Å²) in [7, 11) is 0. The highest BCUT2D eigenvalue weighted by Gasteiger charge is 2.49. The molecule has 0 aromatic heterocycles. The van der Waals surface area contributed by atoms with Gasteiger partial charge in [0.1, 0.15) is 11.5 Å². The van der Waals surface area contributed by atoms with Gasteiger partial charge in [0.25, 0.3) is 0 Å². The van der Waals surface area contributed by atoms with Crippen molar-refractivity contribution in [2.75, 3.05) is 11.4 Å². The van der Waals surface area contributed by atoms with E-state index in [0.29, 0.717) is 41.7 Å². The molecule has 31 heavy (non-hydrogen) atoms. The topological polar surface area (TPSA) is 64.8 Å². The van der Waals surface area contributed by atoms with E-state index in [-0.39, 0.29) is 5.91 Å². The molecule has 1 aliphatic heterocycles. The van der Waals surface area contributed by atoms with Crippen molar-refractivity contribution in [3.8, 4) is 11.5 Å². The third-order valence-electron chi connectivity index (χ3n) is 5.31. The maximum atomic E-state index is 13.8. The van der Waals surface area contributed by atoms with Crippen LogP contribution in [0, 0.1) is 0 Å². The minimum absolute atomic E-state index is 0.252.